The zero-order valence-electron chi connectivity index (χ0n) is 12.3. The smallest absolute Gasteiger partial charge is 0.268 e. The molecule has 1 heterocycles. The molecule has 3 nitrogen and oxygen atoms in total. The van der Waals surface area contributed by atoms with Crippen LogP contribution in [-0.2, 0) is 0 Å². The molecule has 0 amide bonds. The highest BCUT2D eigenvalue weighted by molar-refractivity contribution is 6.08. The van der Waals surface area contributed by atoms with E-state index in [0.717, 1.165) is 16.3 Å². The van der Waals surface area contributed by atoms with Crippen LogP contribution < -0.4 is 0 Å². The minimum Gasteiger partial charge on any atom is -0.441 e. The maximum absolute atomic E-state index is 12.6. The minimum absolute atomic E-state index is 0.110. The maximum Gasteiger partial charge on any atom is 0.268 e. The molecule has 4 rings (SSSR count). The second-order valence-electron chi connectivity index (χ2n) is 5.29. The SMILES string of the molecule is O=C(c1ccc2ccccc2c1)c1nc(-c2ccccc2)co1. The molecule has 0 N–H and O–H groups in total. The molecule has 0 unspecified atom stereocenters. The van der Waals surface area contributed by atoms with Gasteiger partial charge in [-0.25, -0.2) is 4.98 Å². The van der Waals surface area contributed by atoms with Crippen LogP contribution in [0.5, 0.6) is 0 Å². The van der Waals surface area contributed by atoms with E-state index in [0.29, 0.717) is 11.3 Å². The van der Waals surface area contributed by atoms with Crippen molar-refractivity contribution in [3.05, 3.63) is 90.5 Å². The van der Waals surface area contributed by atoms with Gasteiger partial charge in [0.2, 0.25) is 5.78 Å². The summed E-state index contributed by atoms with van der Waals surface area (Å²) >= 11 is 0. The number of rotatable bonds is 3. The number of carbonyl (C=O) groups is 1. The molecule has 1 aromatic heterocycles. The molecule has 0 aliphatic carbocycles. The number of hydrogen-bond donors (Lipinski definition) is 0. The molecule has 23 heavy (non-hydrogen) atoms. The largest absolute Gasteiger partial charge is 0.441 e. The molecule has 0 saturated heterocycles. The number of benzene rings is 3. The van der Waals surface area contributed by atoms with Crippen LogP contribution >= 0.6 is 0 Å². The molecule has 0 radical (unpaired) electrons. The van der Waals surface area contributed by atoms with Crippen molar-refractivity contribution >= 4 is 16.6 Å². The molecule has 110 valence electrons. The standard InChI is InChI=1S/C20H13NO2/c22-19(17-11-10-14-6-4-5-9-16(14)12-17)20-21-18(13-23-20)15-7-2-1-3-8-15/h1-13H. The third-order valence-electron chi connectivity index (χ3n) is 3.78. The first kappa shape index (κ1) is 13.5. The Labute approximate surface area is 133 Å². The second-order valence-corrected chi connectivity index (χ2v) is 5.29. The summed E-state index contributed by atoms with van der Waals surface area (Å²) in [5, 5.41) is 2.12. The maximum atomic E-state index is 12.6. The van der Waals surface area contributed by atoms with Gasteiger partial charge in [0.1, 0.15) is 12.0 Å². The highest BCUT2D eigenvalue weighted by atomic mass is 16.3. The van der Waals surface area contributed by atoms with E-state index in [4.69, 9.17) is 4.42 Å². The summed E-state index contributed by atoms with van der Waals surface area (Å²) in [6.45, 7) is 0. The van der Waals surface area contributed by atoms with Crippen molar-refractivity contribution in [2.75, 3.05) is 0 Å². The van der Waals surface area contributed by atoms with Gasteiger partial charge in [0.15, 0.2) is 0 Å². The van der Waals surface area contributed by atoms with Crippen molar-refractivity contribution in [3.63, 3.8) is 0 Å². The fourth-order valence-corrected chi connectivity index (χ4v) is 2.57. The number of fused-ring (bicyclic) bond motifs is 1. The van der Waals surface area contributed by atoms with Gasteiger partial charge in [0, 0.05) is 11.1 Å². The predicted octanol–water partition coefficient (Wildman–Crippen LogP) is 4.73. The average molecular weight is 299 g/mol. The Morgan fingerprint density at radius 3 is 2.39 bits per heavy atom. The Morgan fingerprint density at radius 1 is 0.826 bits per heavy atom. The Hall–Kier alpha value is -3.20. The third-order valence-corrected chi connectivity index (χ3v) is 3.78. The van der Waals surface area contributed by atoms with Crippen LogP contribution in [0.3, 0.4) is 0 Å². The summed E-state index contributed by atoms with van der Waals surface area (Å²) in [6.07, 6.45) is 1.52. The van der Waals surface area contributed by atoms with Crippen molar-refractivity contribution in [1.29, 1.82) is 0 Å². The van der Waals surface area contributed by atoms with E-state index < -0.39 is 0 Å². The van der Waals surface area contributed by atoms with Crippen molar-refractivity contribution in [2.24, 2.45) is 0 Å². The van der Waals surface area contributed by atoms with Crippen LogP contribution in [0.4, 0.5) is 0 Å². The van der Waals surface area contributed by atoms with Crippen LogP contribution in [0.1, 0.15) is 16.2 Å². The van der Waals surface area contributed by atoms with Gasteiger partial charge in [-0.15, -0.1) is 0 Å². The van der Waals surface area contributed by atoms with Gasteiger partial charge in [-0.1, -0.05) is 66.7 Å². The minimum atomic E-state index is -0.210. The van der Waals surface area contributed by atoms with Crippen LogP contribution in [0.25, 0.3) is 22.0 Å². The lowest BCUT2D eigenvalue weighted by atomic mass is 10.0. The van der Waals surface area contributed by atoms with Crippen molar-refractivity contribution in [1.82, 2.24) is 4.98 Å². The highest BCUT2D eigenvalue weighted by Gasteiger charge is 2.16. The summed E-state index contributed by atoms with van der Waals surface area (Å²) in [5.74, 6) is -0.0999. The van der Waals surface area contributed by atoms with Crippen LogP contribution in [0, 0.1) is 0 Å². The topological polar surface area (TPSA) is 43.1 Å². The van der Waals surface area contributed by atoms with Crippen LogP contribution in [0.2, 0.25) is 0 Å². The number of ketones is 1. The summed E-state index contributed by atoms with van der Waals surface area (Å²) in [7, 11) is 0. The van der Waals surface area contributed by atoms with E-state index in [1.54, 1.807) is 6.07 Å². The van der Waals surface area contributed by atoms with E-state index in [-0.39, 0.29) is 11.7 Å². The summed E-state index contributed by atoms with van der Waals surface area (Å²) < 4.78 is 5.39. The first-order valence-corrected chi connectivity index (χ1v) is 7.36. The van der Waals surface area contributed by atoms with E-state index in [1.165, 1.54) is 6.26 Å². The number of oxazole rings is 1. The van der Waals surface area contributed by atoms with Gasteiger partial charge in [0.05, 0.1) is 0 Å². The number of hydrogen-bond acceptors (Lipinski definition) is 3. The third kappa shape index (κ3) is 2.53. The molecule has 4 aromatic rings. The normalized spacial score (nSPS) is 10.8. The van der Waals surface area contributed by atoms with Gasteiger partial charge < -0.3 is 4.42 Å². The van der Waals surface area contributed by atoms with Gasteiger partial charge in [-0.2, -0.15) is 0 Å². The lowest BCUT2D eigenvalue weighted by Gasteiger charge is -2.00. The monoisotopic (exact) mass is 299 g/mol. The fourth-order valence-electron chi connectivity index (χ4n) is 2.57. The Morgan fingerprint density at radius 2 is 1.57 bits per heavy atom. The molecule has 0 fully saturated rings. The number of nitrogens with zero attached hydrogens (tertiary/aromatic N) is 1. The van der Waals surface area contributed by atoms with Gasteiger partial charge in [-0.05, 0) is 16.8 Å². The molecule has 0 spiro atoms. The van der Waals surface area contributed by atoms with E-state index in [1.807, 2.05) is 66.7 Å². The van der Waals surface area contributed by atoms with Crippen molar-refractivity contribution in [2.45, 2.75) is 0 Å². The summed E-state index contributed by atoms with van der Waals surface area (Å²) in [4.78, 5) is 16.9. The first-order chi connectivity index (χ1) is 11.3. The Bertz CT molecular complexity index is 987. The lowest BCUT2D eigenvalue weighted by molar-refractivity contribution is 0.100. The quantitative estimate of drug-likeness (QED) is 0.514. The Balaban J connectivity index is 1.69. The lowest BCUT2D eigenvalue weighted by Crippen LogP contribution is -2.01. The van der Waals surface area contributed by atoms with E-state index >= 15 is 0 Å². The average Bonchev–Trinajstić information content (AvgIpc) is 3.11. The molecule has 0 bridgehead atoms. The van der Waals surface area contributed by atoms with Crippen LogP contribution in [0.15, 0.2) is 83.5 Å². The molecule has 0 aliphatic heterocycles. The number of carbonyl (C=O) groups excluding carboxylic acids is 1. The second kappa shape index (κ2) is 5.54. The van der Waals surface area contributed by atoms with Gasteiger partial charge in [-0.3, -0.25) is 4.79 Å². The molecular formula is C20H13NO2. The van der Waals surface area contributed by atoms with E-state index in [2.05, 4.69) is 4.98 Å². The van der Waals surface area contributed by atoms with Gasteiger partial charge in [0.25, 0.3) is 5.89 Å². The fraction of sp³-hybridized carbons (Fsp3) is 0. The zero-order valence-corrected chi connectivity index (χ0v) is 12.3. The highest BCUT2D eigenvalue weighted by Crippen LogP contribution is 2.21. The molecule has 0 atom stereocenters. The molecule has 0 aliphatic rings. The van der Waals surface area contributed by atoms with Crippen molar-refractivity contribution in [3.8, 4) is 11.3 Å². The first-order valence-electron chi connectivity index (χ1n) is 7.36. The predicted molar refractivity (Wildman–Crippen MR) is 89.3 cm³/mol. The number of aromatic nitrogens is 1. The zero-order chi connectivity index (χ0) is 15.6. The molecule has 3 aromatic carbocycles. The van der Waals surface area contributed by atoms with Crippen molar-refractivity contribution < 1.29 is 9.21 Å². The van der Waals surface area contributed by atoms with Gasteiger partial charge >= 0.3 is 0 Å². The Kier molecular flexibility index (Phi) is 3.24. The van der Waals surface area contributed by atoms with E-state index in [9.17, 15) is 4.79 Å². The van der Waals surface area contributed by atoms with Crippen LogP contribution in [-0.4, -0.2) is 10.8 Å². The summed E-state index contributed by atoms with van der Waals surface area (Å²) in [5.41, 5.74) is 2.16. The molecule has 3 heteroatoms. The molecular weight excluding hydrogens is 286 g/mol. The molecule has 0 saturated carbocycles. The summed E-state index contributed by atoms with van der Waals surface area (Å²) in [6, 6.07) is 23.2.